The van der Waals surface area contributed by atoms with Crippen LogP contribution in [0.3, 0.4) is 0 Å². The minimum Gasteiger partial charge on any atom is -0.467 e. The van der Waals surface area contributed by atoms with Crippen molar-refractivity contribution in [2.45, 2.75) is 32.9 Å². The molecule has 0 fully saturated rings. The van der Waals surface area contributed by atoms with E-state index in [1.807, 2.05) is 30.3 Å². The maximum Gasteiger partial charge on any atom is 0.174 e. The topological polar surface area (TPSA) is 28.4 Å². The smallest absolute Gasteiger partial charge is 0.174 e. The fourth-order valence-electron chi connectivity index (χ4n) is 2.75. The second-order valence-electron chi connectivity index (χ2n) is 6.63. The Bertz CT molecular complexity index is 811. The first-order valence-corrected chi connectivity index (χ1v) is 9.25. The molecule has 3 nitrogen and oxygen atoms in total. The molecule has 0 radical (unpaired) electrons. The summed E-state index contributed by atoms with van der Waals surface area (Å²) in [4.78, 5) is 2.11. The zero-order chi connectivity index (χ0) is 18.4. The van der Waals surface area contributed by atoms with E-state index < -0.39 is 0 Å². The lowest BCUT2D eigenvalue weighted by atomic mass is 10.0. The number of hydrogen-bond acceptors (Lipinski definition) is 2. The van der Waals surface area contributed by atoms with Crippen molar-refractivity contribution in [3.05, 3.63) is 89.9 Å². The van der Waals surface area contributed by atoms with Gasteiger partial charge in [-0.2, -0.15) is 0 Å². The molecule has 2 aromatic carbocycles. The normalized spacial score (nSPS) is 10.7. The van der Waals surface area contributed by atoms with Gasteiger partial charge in [-0.25, -0.2) is 0 Å². The van der Waals surface area contributed by atoms with E-state index in [1.165, 1.54) is 11.1 Å². The average molecular weight is 365 g/mol. The van der Waals surface area contributed by atoms with E-state index in [-0.39, 0.29) is 0 Å². The van der Waals surface area contributed by atoms with Crippen molar-refractivity contribution in [1.29, 1.82) is 0 Å². The van der Waals surface area contributed by atoms with Gasteiger partial charge in [0.25, 0.3) is 0 Å². The van der Waals surface area contributed by atoms with Crippen molar-refractivity contribution < 1.29 is 4.42 Å². The van der Waals surface area contributed by atoms with Gasteiger partial charge in [0, 0.05) is 12.2 Å². The minimum absolute atomic E-state index is 0.518. The van der Waals surface area contributed by atoms with Gasteiger partial charge in [-0.1, -0.05) is 56.3 Å². The second kappa shape index (κ2) is 8.68. The highest BCUT2D eigenvalue weighted by atomic mass is 32.1. The Morgan fingerprint density at radius 3 is 2.31 bits per heavy atom. The zero-order valence-electron chi connectivity index (χ0n) is 15.2. The molecule has 0 atom stereocenters. The molecule has 0 saturated heterocycles. The van der Waals surface area contributed by atoms with E-state index in [0.29, 0.717) is 17.6 Å². The monoisotopic (exact) mass is 364 g/mol. The maximum atomic E-state index is 5.69. The maximum absolute atomic E-state index is 5.69. The van der Waals surface area contributed by atoms with Gasteiger partial charge in [-0.15, -0.1) is 0 Å². The first-order chi connectivity index (χ1) is 12.6. The van der Waals surface area contributed by atoms with Crippen molar-refractivity contribution in [1.82, 2.24) is 4.90 Å². The largest absolute Gasteiger partial charge is 0.467 e. The highest BCUT2D eigenvalue weighted by molar-refractivity contribution is 7.80. The molecule has 1 aromatic heterocycles. The molecule has 0 saturated carbocycles. The summed E-state index contributed by atoms with van der Waals surface area (Å²) >= 11 is 5.69. The van der Waals surface area contributed by atoms with Crippen LogP contribution < -0.4 is 5.32 Å². The van der Waals surface area contributed by atoms with Crippen molar-refractivity contribution in [3.63, 3.8) is 0 Å². The number of anilines is 1. The molecule has 0 aliphatic carbocycles. The average Bonchev–Trinajstić information content (AvgIpc) is 3.15. The number of nitrogens with one attached hydrogen (secondary N) is 1. The van der Waals surface area contributed by atoms with Crippen LogP contribution in [0.4, 0.5) is 5.69 Å². The minimum atomic E-state index is 0.518. The van der Waals surface area contributed by atoms with Crippen LogP contribution >= 0.6 is 12.2 Å². The first-order valence-electron chi connectivity index (χ1n) is 8.84. The summed E-state index contributed by atoms with van der Waals surface area (Å²) in [6, 6.07) is 22.6. The Labute approximate surface area is 160 Å². The summed E-state index contributed by atoms with van der Waals surface area (Å²) in [7, 11) is 0. The predicted molar refractivity (Wildman–Crippen MR) is 111 cm³/mol. The van der Waals surface area contributed by atoms with E-state index in [4.69, 9.17) is 16.6 Å². The summed E-state index contributed by atoms with van der Waals surface area (Å²) < 4.78 is 5.52. The molecule has 0 aliphatic rings. The predicted octanol–water partition coefficient (Wildman–Crippen LogP) is 5.80. The van der Waals surface area contributed by atoms with Crippen molar-refractivity contribution >= 4 is 23.0 Å². The van der Waals surface area contributed by atoms with Gasteiger partial charge >= 0.3 is 0 Å². The van der Waals surface area contributed by atoms with Crippen LogP contribution in [0.25, 0.3) is 0 Å². The molecule has 0 unspecified atom stereocenters. The molecule has 26 heavy (non-hydrogen) atoms. The fourth-order valence-corrected chi connectivity index (χ4v) is 2.99. The van der Waals surface area contributed by atoms with E-state index >= 15 is 0 Å². The van der Waals surface area contributed by atoms with Gasteiger partial charge in [0.15, 0.2) is 5.11 Å². The lowest BCUT2D eigenvalue weighted by Gasteiger charge is -2.25. The molecule has 3 aromatic rings. The summed E-state index contributed by atoms with van der Waals surface area (Å²) in [5.74, 6) is 1.41. The molecule has 0 aliphatic heterocycles. The van der Waals surface area contributed by atoms with E-state index in [0.717, 1.165) is 18.0 Å². The summed E-state index contributed by atoms with van der Waals surface area (Å²) in [5.41, 5.74) is 3.52. The molecule has 1 heterocycles. The fraction of sp³-hybridized carbons (Fsp3) is 0.227. The van der Waals surface area contributed by atoms with Crippen LogP contribution in [0, 0.1) is 0 Å². The van der Waals surface area contributed by atoms with Crippen LogP contribution in [-0.4, -0.2) is 10.0 Å². The quantitative estimate of drug-likeness (QED) is 0.559. The van der Waals surface area contributed by atoms with Crippen LogP contribution in [0.1, 0.15) is 36.7 Å². The summed E-state index contributed by atoms with van der Waals surface area (Å²) in [5, 5.41) is 4.04. The van der Waals surface area contributed by atoms with Crippen molar-refractivity contribution in [3.8, 4) is 0 Å². The van der Waals surface area contributed by atoms with Gasteiger partial charge in [0.2, 0.25) is 0 Å². The summed E-state index contributed by atoms with van der Waals surface area (Å²) in [6.45, 7) is 5.73. The molecule has 3 rings (SSSR count). The first kappa shape index (κ1) is 18.2. The molecule has 0 amide bonds. The van der Waals surface area contributed by atoms with Gasteiger partial charge in [-0.05, 0) is 53.5 Å². The number of rotatable bonds is 6. The Kier molecular flexibility index (Phi) is 6.08. The Hall–Kier alpha value is -2.59. The molecule has 0 spiro atoms. The third kappa shape index (κ3) is 4.96. The SMILES string of the molecule is CC(C)c1ccc(NC(=S)N(Cc2ccccc2)Cc2ccco2)cc1. The second-order valence-corrected chi connectivity index (χ2v) is 7.01. The van der Waals surface area contributed by atoms with E-state index in [1.54, 1.807) is 6.26 Å². The van der Waals surface area contributed by atoms with E-state index in [2.05, 4.69) is 60.5 Å². The van der Waals surface area contributed by atoms with Gasteiger partial charge in [0.1, 0.15) is 5.76 Å². The number of nitrogens with zero attached hydrogens (tertiary/aromatic N) is 1. The lowest BCUT2D eigenvalue weighted by molar-refractivity contribution is 0.360. The molecule has 0 bridgehead atoms. The van der Waals surface area contributed by atoms with Crippen LogP contribution in [0.2, 0.25) is 0 Å². The Morgan fingerprint density at radius 2 is 1.69 bits per heavy atom. The molecular formula is C22H24N2OS. The van der Waals surface area contributed by atoms with E-state index in [9.17, 15) is 0 Å². The zero-order valence-corrected chi connectivity index (χ0v) is 16.0. The standard InChI is InChI=1S/C22H24N2OS/c1-17(2)19-10-12-20(13-11-19)23-22(26)24(16-21-9-6-14-25-21)15-18-7-4-3-5-8-18/h3-14,17H,15-16H2,1-2H3,(H,23,26). The number of thiocarbonyl (C=S) groups is 1. The third-order valence-corrected chi connectivity index (χ3v) is 4.62. The van der Waals surface area contributed by atoms with Gasteiger partial charge < -0.3 is 14.6 Å². The van der Waals surface area contributed by atoms with Crippen LogP contribution in [0.5, 0.6) is 0 Å². The van der Waals surface area contributed by atoms with Crippen LogP contribution in [-0.2, 0) is 13.1 Å². The molecular weight excluding hydrogens is 340 g/mol. The third-order valence-electron chi connectivity index (χ3n) is 4.26. The molecule has 134 valence electrons. The highest BCUT2D eigenvalue weighted by Crippen LogP contribution is 2.18. The summed E-state index contributed by atoms with van der Waals surface area (Å²) in [6.07, 6.45) is 1.69. The van der Waals surface area contributed by atoms with Crippen molar-refractivity contribution in [2.75, 3.05) is 5.32 Å². The van der Waals surface area contributed by atoms with Crippen LogP contribution in [0.15, 0.2) is 77.4 Å². The highest BCUT2D eigenvalue weighted by Gasteiger charge is 2.13. The molecule has 4 heteroatoms. The van der Waals surface area contributed by atoms with Gasteiger partial charge in [0.05, 0.1) is 12.8 Å². The van der Waals surface area contributed by atoms with Crippen molar-refractivity contribution in [2.24, 2.45) is 0 Å². The Balaban J connectivity index is 1.73. The lowest BCUT2D eigenvalue weighted by Crippen LogP contribution is -2.33. The number of benzene rings is 2. The number of furan rings is 1. The Morgan fingerprint density at radius 1 is 0.962 bits per heavy atom. The molecule has 1 N–H and O–H groups in total. The number of hydrogen-bond donors (Lipinski definition) is 1. The van der Waals surface area contributed by atoms with Gasteiger partial charge in [-0.3, -0.25) is 0 Å².